The van der Waals surface area contributed by atoms with E-state index in [1.165, 1.54) is 11.0 Å². The highest BCUT2D eigenvalue weighted by Gasteiger charge is 2.59. The molecule has 5 nitrogen and oxygen atoms in total. The van der Waals surface area contributed by atoms with Crippen LogP contribution in [0, 0.1) is 23.7 Å². The number of carbonyl (C=O) groups excluding carboxylic acids is 3. The van der Waals surface area contributed by atoms with E-state index in [2.05, 4.69) is 18.7 Å². The zero-order valence-corrected chi connectivity index (χ0v) is 12.3. The van der Waals surface area contributed by atoms with E-state index in [9.17, 15) is 14.4 Å². The molecule has 2 bridgehead atoms. The van der Waals surface area contributed by atoms with Crippen LogP contribution in [0.5, 0.6) is 5.75 Å². The van der Waals surface area contributed by atoms with Crippen LogP contribution in [-0.4, -0.2) is 17.8 Å². The first-order valence-corrected chi connectivity index (χ1v) is 7.60. The lowest BCUT2D eigenvalue weighted by molar-refractivity contribution is -0.129. The minimum Gasteiger partial charge on any atom is -0.423 e. The molecular formula is C18H15NO4. The zero-order valence-electron chi connectivity index (χ0n) is 12.3. The first-order chi connectivity index (χ1) is 11.1. The van der Waals surface area contributed by atoms with E-state index in [4.69, 9.17) is 4.74 Å². The Hall–Kier alpha value is -2.69. The number of benzene rings is 1. The fourth-order valence-electron chi connectivity index (χ4n) is 4.00. The summed E-state index contributed by atoms with van der Waals surface area (Å²) in [6.07, 6.45) is 6.08. The number of fused-ring (bicyclic) bond motifs is 5. The lowest BCUT2D eigenvalue weighted by Gasteiger charge is -2.17. The Morgan fingerprint density at radius 3 is 2.43 bits per heavy atom. The second-order valence-corrected chi connectivity index (χ2v) is 6.13. The largest absolute Gasteiger partial charge is 0.423 e. The Morgan fingerprint density at radius 1 is 1.17 bits per heavy atom. The molecule has 1 heterocycles. The summed E-state index contributed by atoms with van der Waals surface area (Å²) in [5.74, 6) is -0.727. The normalized spacial score (nSPS) is 30.7. The summed E-state index contributed by atoms with van der Waals surface area (Å²) in [5, 5.41) is 0. The van der Waals surface area contributed by atoms with Crippen molar-refractivity contribution in [2.45, 2.75) is 6.42 Å². The highest BCUT2D eigenvalue weighted by molar-refractivity contribution is 6.22. The maximum atomic E-state index is 12.7. The van der Waals surface area contributed by atoms with Gasteiger partial charge in [0.15, 0.2) is 0 Å². The number of hydrogen-bond donors (Lipinski definition) is 0. The third kappa shape index (κ3) is 1.96. The summed E-state index contributed by atoms with van der Waals surface area (Å²) >= 11 is 0. The van der Waals surface area contributed by atoms with Gasteiger partial charge in [-0.25, -0.2) is 9.69 Å². The number of esters is 1. The van der Waals surface area contributed by atoms with Crippen molar-refractivity contribution in [2.24, 2.45) is 23.7 Å². The third-order valence-electron chi connectivity index (χ3n) is 4.93. The van der Waals surface area contributed by atoms with Crippen LogP contribution in [0.2, 0.25) is 0 Å². The van der Waals surface area contributed by atoms with E-state index in [0.717, 1.165) is 12.5 Å². The number of ether oxygens (including phenoxy) is 1. The highest BCUT2D eigenvalue weighted by atomic mass is 16.5. The van der Waals surface area contributed by atoms with Crippen LogP contribution < -0.4 is 9.64 Å². The third-order valence-corrected chi connectivity index (χ3v) is 4.93. The van der Waals surface area contributed by atoms with Gasteiger partial charge < -0.3 is 4.74 Å². The van der Waals surface area contributed by atoms with Crippen LogP contribution in [0.4, 0.5) is 5.69 Å². The fraction of sp³-hybridized carbons (Fsp3) is 0.278. The molecule has 116 valence electrons. The average Bonchev–Trinajstić information content (AvgIpc) is 3.21. The Balaban J connectivity index is 1.65. The van der Waals surface area contributed by atoms with Crippen molar-refractivity contribution in [3.63, 3.8) is 0 Å². The summed E-state index contributed by atoms with van der Waals surface area (Å²) in [7, 11) is 0. The molecule has 5 heteroatoms. The van der Waals surface area contributed by atoms with Crippen LogP contribution >= 0.6 is 0 Å². The van der Waals surface area contributed by atoms with Gasteiger partial charge in [0.2, 0.25) is 11.8 Å². The number of allylic oxidation sites excluding steroid dienone is 2. The van der Waals surface area contributed by atoms with Crippen molar-refractivity contribution >= 4 is 23.5 Å². The maximum Gasteiger partial charge on any atom is 0.335 e. The predicted molar refractivity (Wildman–Crippen MR) is 82.5 cm³/mol. The lowest BCUT2D eigenvalue weighted by atomic mass is 9.85. The number of carbonyl (C=O) groups is 3. The number of hydrogen-bond acceptors (Lipinski definition) is 4. The molecule has 1 aliphatic heterocycles. The Morgan fingerprint density at radius 2 is 1.83 bits per heavy atom. The van der Waals surface area contributed by atoms with Gasteiger partial charge in [0.25, 0.3) is 0 Å². The Bertz CT molecular complexity index is 736. The number of nitrogens with zero attached hydrogens (tertiary/aromatic N) is 1. The minimum atomic E-state index is -0.583. The molecule has 2 fully saturated rings. The molecule has 4 rings (SSSR count). The van der Waals surface area contributed by atoms with Crippen LogP contribution in [0.25, 0.3) is 0 Å². The first-order valence-electron chi connectivity index (χ1n) is 7.60. The molecule has 1 saturated carbocycles. The summed E-state index contributed by atoms with van der Waals surface area (Å²) < 4.78 is 5.06. The molecule has 0 unspecified atom stereocenters. The number of imide groups is 1. The fourth-order valence-corrected chi connectivity index (χ4v) is 4.00. The molecule has 2 aliphatic carbocycles. The SMILES string of the molecule is C=CC(=O)Oc1cccc(N2C(=O)[C@@H]3[C@@H](C2=O)[C@@H]2C=C[C@@H]3C2)c1. The van der Waals surface area contributed by atoms with E-state index >= 15 is 0 Å². The molecule has 3 aliphatic rings. The van der Waals surface area contributed by atoms with Gasteiger partial charge in [0.05, 0.1) is 17.5 Å². The Kier molecular flexibility index (Phi) is 2.98. The summed E-state index contributed by atoms with van der Waals surface area (Å²) in [4.78, 5) is 38.0. The molecule has 4 atom stereocenters. The van der Waals surface area contributed by atoms with Gasteiger partial charge in [-0.1, -0.05) is 24.8 Å². The second-order valence-electron chi connectivity index (χ2n) is 6.13. The Labute approximate surface area is 133 Å². The average molecular weight is 309 g/mol. The van der Waals surface area contributed by atoms with Gasteiger partial charge >= 0.3 is 5.97 Å². The van der Waals surface area contributed by atoms with Gasteiger partial charge in [-0.2, -0.15) is 0 Å². The molecule has 2 amide bonds. The van der Waals surface area contributed by atoms with E-state index in [-0.39, 0.29) is 41.2 Å². The van der Waals surface area contributed by atoms with Crippen LogP contribution in [-0.2, 0) is 14.4 Å². The van der Waals surface area contributed by atoms with E-state index in [1.54, 1.807) is 18.2 Å². The van der Waals surface area contributed by atoms with Crippen LogP contribution in [0.15, 0.2) is 49.1 Å². The maximum absolute atomic E-state index is 12.7. The molecular weight excluding hydrogens is 294 g/mol. The number of rotatable bonds is 3. The predicted octanol–water partition coefficient (Wildman–Crippen LogP) is 2.09. The van der Waals surface area contributed by atoms with Gasteiger partial charge in [-0.15, -0.1) is 0 Å². The standard InChI is InChI=1S/C18H15NO4/c1-2-14(20)23-13-5-3-4-12(9-13)19-17(21)15-10-6-7-11(8-10)16(15)18(19)22/h2-7,9-11,15-16H,1,8H2/t10-,11-,15+,16+/m1/s1. The first kappa shape index (κ1) is 13.9. The zero-order chi connectivity index (χ0) is 16.1. The summed E-state index contributed by atoms with van der Waals surface area (Å²) in [6.45, 7) is 3.34. The molecule has 0 N–H and O–H groups in total. The van der Waals surface area contributed by atoms with Crippen LogP contribution in [0.3, 0.4) is 0 Å². The monoisotopic (exact) mass is 309 g/mol. The molecule has 1 aromatic carbocycles. The second kappa shape index (κ2) is 4.91. The van der Waals surface area contributed by atoms with E-state index in [1.807, 2.05) is 0 Å². The quantitative estimate of drug-likeness (QED) is 0.282. The summed E-state index contributed by atoms with van der Waals surface area (Å²) in [6, 6.07) is 6.47. The minimum absolute atomic E-state index is 0.149. The van der Waals surface area contributed by atoms with Crippen molar-refractivity contribution in [3.8, 4) is 5.75 Å². The van der Waals surface area contributed by atoms with Crippen LogP contribution in [0.1, 0.15) is 6.42 Å². The van der Waals surface area contributed by atoms with Gasteiger partial charge in [-0.3, -0.25) is 9.59 Å². The van der Waals surface area contributed by atoms with Crippen molar-refractivity contribution in [3.05, 3.63) is 49.1 Å². The smallest absolute Gasteiger partial charge is 0.335 e. The molecule has 0 radical (unpaired) electrons. The molecule has 0 aromatic heterocycles. The lowest BCUT2D eigenvalue weighted by Crippen LogP contribution is -2.32. The number of anilines is 1. The molecule has 1 saturated heterocycles. The molecule has 23 heavy (non-hydrogen) atoms. The van der Waals surface area contributed by atoms with Crippen molar-refractivity contribution in [1.29, 1.82) is 0 Å². The summed E-state index contributed by atoms with van der Waals surface area (Å²) in [5.41, 5.74) is 0.447. The van der Waals surface area contributed by atoms with Gasteiger partial charge in [-0.05, 0) is 30.4 Å². The topological polar surface area (TPSA) is 63.7 Å². The van der Waals surface area contributed by atoms with E-state index in [0.29, 0.717) is 5.69 Å². The molecule has 0 spiro atoms. The van der Waals surface area contributed by atoms with Gasteiger partial charge in [0.1, 0.15) is 5.75 Å². The van der Waals surface area contributed by atoms with Crippen molar-refractivity contribution in [1.82, 2.24) is 0 Å². The van der Waals surface area contributed by atoms with E-state index < -0.39 is 5.97 Å². The van der Waals surface area contributed by atoms with Crippen molar-refractivity contribution < 1.29 is 19.1 Å². The highest BCUT2D eigenvalue weighted by Crippen LogP contribution is 2.53. The number of amides is 2. The van der Waals surface area contributed by atoms with Crippen molar-refractivity contribution in [2.75, 3.05) is 4.90 Å². The van der Waals surface area contributed by atoms with Gasteiger partial charge in [0, 0.05) is 12.1 Å². The molecule has 1 aromatic rings.